The molecule has 0 saturated heterocycles. The van der Waals surface area contributed by atoms with E-state index >= 15 is 0 Å². The standard InChI is InChI=1S/C43H26N2O/c1-2-12-27(13-3-1)43-34-24-25-40-42(33-17-7-11-21-39(33)46-40)41(34)32-23-22-28(26-35(32)44-43)29-14-4-8-18-36(29)45-37-19-9-5-15-30(37)31-16-6-10-20-38(31)45/h1-26H. The van der Waals surface area contributed by atoms with E-state index in [4.69, 9.17) is 9.40 Å². The quantitative estimate of drug-likeness (QED) is 0.193. The molecule has 0 aliphatic heterocycles. The van der Waals surface area contributed by atoms with Gasteiger partial charge in [0.2, 0.25) is 0 Å². The molecule has 0 aliphatic rings. The fourth-order valence-electron chi connectivity index (χ4n) is 7.39. The first-order valence-electron chi connectivity index (χ1n) is 15.6. The average Bonchev–Trinajstić information content (AvgIpc) is 3.67. The van der Waals surface area contributed by atoms with Crippen LogP contribution in [0.4, 0.5) is 0 Å². The van der Waals surface area contributed by atoms with E-state index in [9.17, 15) is 0 Å². The number of hydrogen-bond acceptors (Lipinski definition) is 2. The lowest BCUT2D eigenvalue weighted by atomic mass is 9.94. The second-order valence-corrected chi connectivity index (χ2v) is 11.9. The highest BCUT2D eigenvalue weighted by molar-refractivity contribution is 6.28. The van der Waals surface area contributed by atoms with Gasteiger partial charge in [-0.3, -0.25) is 0 Å². The summed E-state index contributed by atoms with van der Waals surface area (Å²) in [5.74, 6) is 0. The molecule has 46 heavy (non-hydrogen) atoms. The zero-order chi connectivity index (χ0) is 30.2. The van der Waals surface area contributed by atoms with Gasteiger partial charge >= 0.3 is 0 Å². The molecule has 3 heterocycles. The lowest BCUT2D eigenvalue weighted by molar-refractivity contribution is 0.669. The van der Waals surface area contributed by atoms with E-state index in [2.05, 4.69) is 150 Å². The zero-order valence-electron chi connectivity index (χ0n) is 24.8. The number of nitrogens with zero attached hydrogens (tertiary/aromatic N) is 2. The minimum absolute atomic E-state index is 0.890. The van der Waals surface area contributed by atoms with Gasteiger partial charge in [0.15, 0.2) is 0 Å². The number of pyridine rings is 1. The molecule has 0 bridgehead atoms. The maximum atomic E-state index is 6.35. The molecule has 3 aromatic heterocycles. The number of fused-ring (bicyclic) bond motifs is 10. The molecule has 0 fully saturated rings. The van der Waals surface area contributed by atoms with Crippen molar-refractivity contribution >= 4 is 65.4 Å². The number of para-hydroxylation sites is 4. The van der Waals surface area contributed by atoms with Gasteiger partial charge in [0.05, 0.1) is 27.9 Å². The van der Waals surface area contributed by atoms with Crippen molar-refractivity contribution in [3.05, 3.63) is 158 Å². The fourth-order valence-corrected chi connectivity index (χ4v) is 7.39. The molecular formula is C43H26N2O. The Bertz CT molecular complexity index is 2750. The maximum Gasteiger partial charge on any atom is 0.136 e. The second kappa shape index (κ2) is 9.65. The van der Waals surface area contributed by atoms with Crippen LogP contribution in [0, 0.1) is 0 Å². The van der Waals surface area contributed by atoms with Gasteiger partial charge in [0.25, 0.3) is 0 Å². The van der Waals surface area contributed by atoms with Gasteiger partial charge in [-0.25, -0.2) is 4.98 Å². The van der Waals surface area contributed by atoms with Gasteiger partial charge in [-0.05, 0) is 48.0 Å². The first-order valence-corrected chi connectivity index (χ1v) is 15.6. The smallest absolute Gasteiger partial charge is 0.136 e. The van der Waals surface area contributed by atoms with E-state index in [1.807, 2.05) is 12.1 Å². The topological polar surface area (TPSA) is 31.0 Å². The predicted molar refractivity (Wildman–Crippen MR) is 192 cm³/mol. The molecule has 10 aromatic rings. The molecule has 3 heteroatoms. The van der Waals surface area contributed by atoms with Crippen LogP contribution in [-0.2, 0) is 0 Å². The molecule has 0 spiro atoms. The summed E-state index contributed by atoms with van der Waals surface area (Å²) in [6.07, 6.45) is 0. The Morgan fingerprint density at radius 2 is 1.09 bits per heavy atom. The minimum atomic E-state index is 0.890. The van der Waals surface area contributed by atoms with Crippen molar-refractivity contribution in [2.45, 2.75) is 0 Å². The molecule has 0 amide bonds. The first-order chi connectivity index (χ1) is 22.8. The summed E-state index contributed by atoms with van der Waals surface area (Å²) < 4.78 is 8.75. The van der Waals surface area contributed by atoms with Gasteiger partial charge in [0, 0.05) is 48.8 Å². The Kier molecular flexibility index (Phi) is 5.28. The van der Waals surface area contributed by atoms with E-state index in [-0.39, 0.29) is 0 Å². The molecule has 10 rings (SSSR count). The molecule has 214 valence electrons. The van der Waals surface area contributed by atoms with Crippen molar-refractivity contribution in [1.82, 2.24) is 9.55 Å². The Hall–Kier alpha value is -6.19. The normalized spacial score (nSPS) is 11.9. The third kappa shape index (κ3) is 3.57. The highest BCUT2D eigenvalue weighted by atomic mass is 16.3. The zero-order valence-corrected chi connectivity index (χ0v) is 24.8. The van der Waals surface area contributed by atoms with E-state index in [0.717, 1.165) is 66.3 Å². The largest absolute Gasteiger partial charge is 0.456 e. The van der Waals surface area contributed by atoms with Crippen LogP contribution in [0.25, 0.3) is 93.5 Å². The van der Waals surface area contributed by atoms with Crippen molar-refractivity contribution in [2.75, 3.05) is 0 Å². The number of furan rings is 1. The highest BCUT2D eigenvalue weighted by Gasteiger charge is 2.19. The predicted octanol–water partition coefficient (Wildman–Crippen LogP) is 11.7. The maximum absolute atomic E-state index is 6.35. The summed E-state index contributed by atoms with van der Waals surface area (Å²) in [5.41, 5.74) is 10.6. The van der Waals surface area contributed by atoms with Crippen LogP contribution >= 0.6 is 0 Å². The van der Waals surface area contributed by atoms with Crippen molar-refractivity contribution in [3.63, 3.8) is 0 Å². The van der Waals surface area contributed by atoms with Crippen LogP contribution in [0.15, 0.2) is 162 Å². The number of aromatic nitrogens is 2. The van der Waals surface area contributed by atoms with Crippen LogP contribution in [0.2, 0.25) is 0 Å². The first kappa shape index (κ1) is 25.2. The van der Waals surface area contributed by atoms with Gasteiger partial charge in [0.1, 0.15) is 11.2 Å². The molecular weight excluding hydrogens is 560 g/mol. The molecule has 0 saturated carbocycles. The SMILES string of the molecule is c1ccc(-c2nc3cc(-c4ccccc4-n4c5ccccc5c5ccccc54)ccc3c3c2ccc2oc4ccccc4c23)cc1. The third-order valence-corrected chi connectivity index (χ3v) is 9.38. The van der Waals surface area contributed by atoms with Crippen molar-refractivity contribution in [3.8, 4) is 28.1 Å². The molecule has 0 N–H and O–H groups in total. The Morgan fingerprint density at radius 1 is 0.435 bits per heavy atom. The average molecular weight is 587 g/mol. The minimum Gasteiger partial charge on any atom is -0.456 e. The highest BCUT2D eigenvalue weighted by Crippen LogP contribution is 2.43. The van der Waals surface area contributed by atoms with E-state index in [1.54, 1.807) is 0 Å². The molecule has 0 radical (unpaired) electrons. The van der Waals surface area contributed by atoms with Gasteiger partial charge in [-0.2, -0.15) is 0 Å². The molecule has 3 nitrogen and oxygen atoms in total. The summed E-state index contributed by atoms with van der Waals surface area (Å²) >= 11 is 0. The van der Waals surface area contributed by atoms with Gasteiger partial charge in [-0.1, -0.05) is 115 Å². The molecule has 0 atom stereocenters. The van der Waals surface area contributed by atoms with Crippen LogP contribution in [0.5, 0.6) is 0 Å². The van der Waals surface area contributed by atoms with E-state index < -0.39 is 0 Å². The number of hydrogen-bond donors (Lipinski definition) is 0. The number of benzene rings is 7. The van der Waals surface area contributed by atoms with E-state index in [1.165, 1.54) is 27.2 Å². The van der Waals surface area contributed by atoms with Crippen LogP contribution in [0.3, 0.4) is 0 Å². The van der Waals surface area contributed by atoms with Crippen molar-refractivity contribution in [1.29, 1.82) is 0 Å². The summed E-state index contributed by atoms with van der Waals surface area (Å²) in [6.45, 7) is 0. The van der Waals surface area contributed by atoms with Crippen molar-refractivity contribution < 1.29 is 4.42 Å². The summed E-state index contributed by atoms with van der Waals surface area (Å²) in [5, 5.41) is 8.17. The molecule has 7 aromatic carbocycles. The Labute approximate surface area is 264 Å². The summed E-state index contributed by atoms with van der Waals surface area (Å²) in [6, 6.07) is 55.9. The van der Waals surface area contributed by atoms with Gasteiger partial charge < -0.3 is 8.98 Å². The van der Waals surface area contributed by atoms with Crippen molar-refractivity contribution in [2.24, 2.45) is 0 Å². The van der Waals surface area contributed by atoms with Crippen LogP contribution in [0.1, 0.15) is 0 Å². The summed E-state index contributed by atoms with van der Waals surface area (Å²) in [7, 11) is 0. The van der Waals surface area contributed by atoms with E-state index in [0.29, 0.717) is 0 Å². The second-order valence-electron chi connectivity index (χ2n) is 11.9. The Morgan fingerprint density at radius 3 is 1.89 bits per heavy atom. The third-order valence-electron chi connectivity index (χ3n) is 9.38. The lowest BCUT2D eigenvalue weighted by Gasteiger charge is -2.16. The lowest BCUT2D eigenvalue weighted by Crippen LogP contribution is -1.97. The fraction of sp³-hybridized carbons (Fsp3) is 0. The Balaban J connectivity index is 1.29. The summed E-state index contributed by atoms with van der Waals surface area (Å²) in [4.78, 5) is 5.39. The monoisotopic (exact) mass is 586 g/mol. The van der Waals surface area contributed by atoms with Crippen LogP contribution < -0.4 is 0 Å². The molecule has 0 aliphatic carbocycles. The van der Waals surface area contributed by atoms with Crippen LogP contribution in [-0.4, -0.2) is 9.55 Å². The number of rotatable bonds is 3. The molecule has 0 unspecified atom stereocenters. The van der Waals surface area contributed by atoms with Gasteiger partial charge in [-0.15, -0.1) is 0 Å².